The fourth-order valence-electron chi connectivity index (χ4n) is 3.61. The normalized spacial score (nSPS) is 17.1. The van der Waals surface area contributed by atoms with Crippen molar-refractivity contribution in [3.05, 3.63) is 75.8 Å². The number of halogens is 1. The second-order valence-electron chi connectivity index (χ2n) is 7.47. The number of hydrogen-bond donors (Lipinski definition) is 3. The van der Waals surface area contributed by atoms with Crippen LogP contribution in [0.2, 0.25) is 0 Å². The molecule has 1 atom stereocenters. The minimum atomic E-state index is -0.436. The number of aliphatic hydroxyl groups excluding tert-OH is 1. The molecule has 0 saturated carbocycles. The van der Waals surface area contributed by atoms with Crippen molar-refractivity contribution >= 4 is 34.4 Å². The Morgan fingerprint density at radius 3 is 2.79 bits per heavy atom. The number of hydrazone groups is 1. The first-order chi connectivity index (χ1) is 16.0. The molecule has 0 radical (unpaired) electrons. The Morgan fingerprint density at radius 1 is 1.27 bits per heavy atom. The third-order valence-electron chi connectivity index (χ3n) is 5.37. The first kappa shape index (κ1) is 22.3. The first-order valence-electron chi connectivity index (χ1n) is 10.2. The molecule has 1 fully saturated rings. The van der Waals surface area contributed by atoms with E-state index in [0.717, 1.165) is 0 Å². The van der Waals surface area contributed by atoms with Gasteiger partial charge in [0.05, 0.1) is 43.3 Å². The zero-order valence-electron chi connectivity index (χ0n) is 17.6. The van der Waals surface area contributed by atoms with Crippen LogP contribution in [-0.4, -0.2) is 65.2 Å². The van der Waals surface area contributed by atoms with Gasteiger partial charge in [0.25, 0.3) is 11.5 Å². The molecule has 1 aliphatic rings. The van der Waals surface area contributed by atoms with Gasteiger partial charge in [-0.1, -0.05) is 0 Å². The molecule has 3 aromatic rings. The number of aliphatic hydroxyl groups is 1. The molecule has 4 rings (SSSR count). The number of hydrogen-bond acceptors (Lipinski definition) is 7. The van der Waals surface area contributed by atoms with Crippen molar-refractivity contribution in [3.8, 4) is 0 Å². The highest BCUT2D eigenvalue weighted by Crippen LogP contribution is 2.17. The Labute approximate surface area is 188 Å². The fraction of sp³-hybridized carbons (Fsp3) is 0.217. The molecule has 4 N–H and O–H groups in total. The third kappa shape index (κ3) is 4.81. The lowest BCUT2D eigenvalue weighted by molar-refractivity contribution is -0.0183. The molecule has 1 aromatic heterocycles. The maximum atomic E-state index is 13.6. The van der Waals surface area contributed by atoms with Crippen molar-refractivity contribution in [3.63, 3.8) is 0 Å². The summed E-state index contributed by atoms with van der Waals surface area (Å²) in [7, 11) is 0. The van der Waals surface area contributed by atoms with E-state index in [-0.39, 0.29) is 29.8 Å². The quantitative estimate of drug-likeness (QED) is 0.308. The van der Waals surface area contributed by atoms with Gasteiger partial charge in [-0.05, 0) is 48.5 Å². The number of nitrogens with zero attached hydrogens (tertiary/aromatic N) is 3. The number of ether oxygens (including phenoxy) is 1. The number of H-pyrrole nitrogens is 1. The predicted molar refractivity (Wildman–Crippen MR) is 123 cm³/mol. The smallest absolute Gasteiger partial charge is 0.258 e. The standard InChI is InChI=1S/C23H22FN5O4/c24-16-3-6-20-15(9-16)10-19(22(31)27-20)21(28-25)11-26-17-4-1-14(2-5-17)23(32)29-7-8-33-13-18(29)12-30/h1-6,9-11,18,30H,7-8,12-13,25H2,(H,27,31)/t18-/m0/s1. The summed E-state index contributed by atoms with van der Waals surface area (Å²) in [4.78, 5) is 33.8. The third-order valence-corrected chi connectivity index (χ3v) is 5.37. The second kappa shape index (κ2) is 9.72. The summed E-state index contributed by atoms with van der Waals surface area (Å²) < 4.78 is 18.9. The van der Waals surface area contributed by atoms with E-state index in [4.69, 9.17) is 10.6 Å². The lowest BCUT2D eigenvalue weighted by Gasteiger charge is -2.34. The summed E-state index contributed by atoms with van der Waals surface area (Å²) in [6.45, 7) is 0.957. The Hall–Kier alpha value is -3.89. The Morgan fingerprint density at radius 2 is 2.06 bits per heavy atom. The molecule has 33 heavy (non-hydrogen) atoms. The number of fused-ring (bicyclic) bond motifs is 1. The number of morpholine rings is 1. The average molecular weight is 451 g/mol. The zero-order chi connectivity index (χ0) is 23.4. The summed E-state index contributed by atoms with van der Waals surface area (Å²) in [5.74, 6) is 4.84. The number of aromatic nitrogens is 1. The van der Waals surface area contributed by atoms with E-state index < -0.39 is 11.4 Å². The largest absolute Gasteiger partial charge is 0.394 e. The van der Waals surface area contributed by atoms with Crippen molar-refractivity contribution in [2.45, 2.75) is 6.04 Å². The van der Waals surface area contributed by atoms with Gasteiger partial charge < -0.3 is 25.6 Å². The van der Waals surface area contributed by atoms with Gasteiger partial charge in [-0.15, -0.1) is 0 Å². The number of benzene rings is 2. The van der Waals surface area contributed by atoms with Crippen LogP contribution in [0.25, 0.3) is 10.9 Å². The molecule has 0 spiro atoms. The van der Waals surface area contributed by atoms with Crippen molar-refractivity contribution in [1.82, 2.24) is 9.88 Å². The minimum absolute atomic E-state index is 0.113. The molecule has 1 amide bonds. The van der Waals surface area contributed by atoms with Gasteiger partial charge in [-0.2, -0.15) is 5.10 Å². The fourth-order valence-corrected chi connectivity index (χ4v) is 3.61. The maximum Gasteiger partial charge on any atom is 0.258 e. The van der Waals surface area contributed by atoms with E-state index in [1.165, 1.54) is 30.5 Å². The topological polar surface area (TPSA) is 133 Å². The van der Waals surface area contributed by atoms with Gasteiger partial charge >= 0.3 is 0 Å². The van der Waals surface area contributed by atoms with Crippen LogP contribution in [0, 0.1) is 5.82 Å². The number of carbonyl (C=O) groups excluding carboxylic acids is 1. The molecule has 2 aromatic carbocycles. The maximum absolute atomic E-state index is 13.6. The molecule has 170 valence electrons. The molecule has 0 aliphatic carbocycles. The molecule has 2 heterocycles. The average Bonchev–Trinajstić information content (AvgIpc) is 2.84. The van der Waals surface area contributed by atoms with E-state index in [0.29, 0.717) is 41.9 Å². The van der Waals surface area contributed by atoms with Crippen LogP contribution < -0.4 is 11.4 Å². The van der Waals surface area contributed by atoms with Crippen LogP contribution in [0.1, 0.15) is 15.9 Å². The number of aromatic amines is 1. The second-order valence-corrected chi connectivity index (χ2v) is 7.47. The number of rotatable bonds is 5. The number of carbonyl (C=O) groups is 1. The molecule has 0 unspecified atom stereocenters. The summed E-state index contributed by atoms with van der Waals surface area (Å²) >= 11 is 0. The van der Waals surface area contributed by atoms with Gasteiger partial charge in [0, 0.05) is 23.0 Å². The van der Waals surface area contributed by atoms with E-state index in [9.17, 15) is 19.1 Å². The van der Waals surface area contributed by atoms with Gasteiger partial charge in [0.2, 0.25) is 0 Å². The molecular formula is C23H22FN5O4. The van der Waals surface area contributed by atoms with Crippen molar-refractivity contribution in [2.75, 3.05) is 26.4 Å². The number of nitrogens with two attached hydrogens (primary N) is 1. The number of nitrogens with one attached hydrogen (secondary N) is 1. The molecular weight excluding hydrogens is 429 g/mol. The van der Waals surface area contributed by atoms with Crippen LogP contribution >= 0.6 is 0 Å². The number of amides is 1. The summed E-state index contributed by atoms with van der Waals surface area (Å²) in [5, 5.41) is 13.6. The van der Waals surface area contributed by atoms with Crippen LogP contribution in [0.5, 0.6) is 0 Å². The van der Waals surface area contributed by atoms with Gasteiger partial charge in [0.1, 0.15) is 11.5 Å². The molecule has 9 nitrogen and oxygen atoms in total. The lowest BCUT2D eigenvalue weighted by atomic mass is 10.1. The predicted octanol–water partition coefficient (Wildman–Crippen LogP) is 1.57. The number of pyridine rings is 1. The van der Waals surface area contributed by atoms with Crippen LogP contribution in [0.3, 0.4) is 0 Å². The van der Waals surface area contributed by atoms with Crippen LogP contribution in [0.15, 0.2) is 63.4 Å². The highest BCUT2D eigenvalue weighted by molar-refractivity contribution is 6.38. The van der Waals surface area contributed by atoms with E-state index in [2.05, 4.69) is 15.1 Å². The molecule has 10 heteroatoms. The zero-order valence-corrected chi connectivity index (χ0v) is 17.6. The Balaban J connectivity index is 1.54. The Kier molecular flexibility index (Phi) is 6.57. The monoisotopic (exact) mass is 451 g/mol. The summed E-state index contributed by atoms with van der Waals surface area (Å²) in [6.07, 6.45) is 1.33. The van der Waals surface area contributed by atoms with Gasteiger partial charge in [-0.3, -0.25) is 14.6 Å². The van der Waals surface area contributed by atoms with Crippen LogP contribution in [0.4, 0.5) is 10.1 Å². The SMILES string of the molecule is NN=C(C=Nc1ccc(C(=O)N2CCOC[C@@H]2CO)cc1)c1cc2cc(F)ccc2[nH]c1=O. The highest BCUT2D eigenvalue weighted by Gasteiger charge is 2.27. The van der Waals surface area contributed by atoms with Crippen LogP contribution in [-0.2, 0) is 4.74 Å². The minimum Gasteiger partial charge on any atom is -0.394 e. The van der Waals surface area contributed by atoms with E-state index in [1.54, 1.807) is 29.2 Å². The molecule has 0 bridgehead atoms. The summed E-state index contributed by atoms with van der Waals surface area (Å²) in [6, 6.07) is 11.7. The van der Waals surface area contributed by atoms with Gasteiger partial charge in [-0.25, -0.2) is 4.39 Å². The number of aliphatic imine (C=N–C) groups is 1. The lowest BCUT2D eigenvalue weighted by Crippen LogP contribution is -2.50. The van der Waals surface area contributed by atoms with Crippen molar-refractivity contribution in [1.29, 1.82) is 0 Å². The van der Waals surface area contributed by atoms with Gasteiger partial charge in [0.15, 0.2) is 0 Å². The van der Waals surface area contributed by atoms with Crippen molar-refractivity contribution < 1.29 is 19.0 Å². The Bertz CT molecular complexity index is 1290. The molecule has 1 saturated heterocycles. The first-order valence-corrected chi connectivity index (χ1v) is 10.2. The van der Waals surface area contributed by atoms with E-state index in [1.807, 2.05) is 0 Å². The van der Waals surface area contributed by atoms with Crippen molar-refractivity contribution in [2.24, 2.45) is 15.9 Å². The van der Waals surface area contributed by atoms with E-state index >= 15 is 0 Å². The summed E-state index contributed by atoms with van der Waals surface area (Å²) in [5.41, 5.74) is 1.28. The molecule has 1 aliphatic heterocycles. The highest BCUT2D eigenvalue weighted by atomic mass is 19.1.